The van der Waals surface area contributed by atoms with Gasteiger partial charge in [0.05, 0.1) is 17.3 Å². The maximum atomic E-state index is 13.0. The minimum Gasteiger partial charge on any atom is -0.352 e. The third-order valence-corrected chi connectivity index (χ3v) is 7.87. The minimum atomic E-state index is -0.0104. The Kier molecular flexibility index (Phi) is 8.23. The number of piperidine rings is 1. The highest BCUT2D eigenvalue weighted by molar-refractivity contribution is 7.13. The summed E-state index contributed by atoms with van der Waals surface area (Å²) in [5.41, 5.74) is 2.51. The third-order valence-electron chi connectivity index (χ3n) is 7.01. The minimum absolute atomic E-state index is 0.0104. The molecule has 4 heterocycles. The number of nitrogens with one attached hydrogen (secondary N) is 1. The molecule has 2 aromatic heterocycles. The van der Waals surface area contributed by atoms with E-state index >= 15 is 0 Å². The summed E-state index contributed by atoms with van der Waals surface area (Å²) in [7, 11) is 0. The van der Waals surface area contributed by atoms with Crippen LogP contribution in [0.1, 0.15) is 55.5 Å². The number of carbonyl (C=O) groups is 1. The summed E-state index contributed by atoms with van der Waals surface area (Å²) in [5, 5.41) is 9.30. The molecule has 0 spiro atoms. The highest BCUT2D eigenvalue weighted by Crippen LogP contribution is 2.23. The topological polar surface area (TPSA) is 74.5 Å². The van der Waals surface area contributed by atoms with Crippen molar-refractivity contribution >= 4 is 17.2 Å². The Hall–Kier alpha value is -2.55. The van der Waals surface area contributed by atoms with Gasteiger partial charge in [0.1, 0.15) is 0 Å². The second-order valence-corrected chi connectivity index (χ2v) is 10.7. The van der Waals surface area contributed by atoms with Crippen molar-refractivity contribution < 1.29 is 9.32 Å². The first kappa shape index (κ1) is 24.2. The average molecular weight is 494 g/mol. The molecule has 1 aromatic carbocycles. The fourth-order valence-corrected chi connectivity index (χ4v) is 5.80. The van der Waals surface area contributed by atoms with Crippen LogP contribution in [-0.4, -0.2) is 52.0 Å². The lowest BCUT2D eigenvalue weighted by atomic mass is 9.97. The molecule has 2 aliphatic rings. The van der Waals surface area contributed by atoms with Gasteiger partial charge in [-0.15, -0.1) is 11.3 Å². The highest BCUT2D eigenvalue weighted by Gasteiger charge is 2.27. The summed E-state index contributed by atoms with van der Waals surface area (Å²) in [5.74, 6) is 1.37. The van der Waals surface area contributed by atoms with E-state index in [1.165, 1.54) is 49.9 Å². The molecule has 1 atom stereocenters. The van der Waals surface area contributed by atoms with Crippen molar-refractivity contribution in [1.29, 1.82) is 0 Å². The van der Waals surface area contributed by atoms with Crippen molar-refractivity contribution in [2.24, 2.45) is 5.92 Å². The molecule has 1 amide bonds. The first-order valence-corrected chi connectivity index (χ1v) is 13.8. The molecular weight excluding hydrogens is 458 g/mol. The van der Waals surface area contributed by atoms with E-state index in [0.717, 1.165) is 37.4 Å². The van der Waals surface area contributed by atoms with Crippen LogP contribution in [0.5, 0.6) is 0 Å². The molecule has 2 aliphatic heterocycles. The Labute approximate surface area is 211 Å². The van der Waals surface area contributed by atoms with Crippen molar-refractivity contribution in [3.63, 3.8) is 0 Å². The molecule has 0 radical (unpaired) electrons. The zero-order valence-electron chi connectivity index (χ0n) is 20.3. The Morgan fingerprint density at radius 3 is 2.66 bits per heavy atom. The molecule has 186 valence electrons. The fraction of sp³-hybridized carbons (Fsp3) is 0.519. The van der Waals surface area contributed by atoms with Crippen LogP contribution < -0.4 is 5.32 Å². The van der Waals surface area contributed by atoms with Gasteiger partial charge >= 0.3 is 0 Å². The number of amides is 1. The van der Waals surface area contributed by atoms with Gasteiger partial charge in [0.25, 0.3) is 0 Å². The van der Waals surface area contributed by atoms with E-state index in [-0.39, 0.29) is 11.8 Å². The normalized spacial score (nSPS) is 19.9. The van der Waals surface area contributed by atoms with Gasteiger partial charge in [0, 0.05) is 19.6 Å². The molecule has 35 heavy (non-hydrogen) atoms. The van der Waals surface area contributed by atoms with E-state index in [9.17, 15) is 4.79 Å². The molecule has 8 heteroatoms. The maximum Gasteiger partial charge on any atom is 0.241 e. The van der Waals surface area contributed by atoms with Gasteiger partial charge in [-0.05, 0) is 67.9 Å². The molecule has 7 nitrogen and oxygen atoms in total. The van der Waals surface area contributed by atoms with E-state index in [1.807, 2.05) is 17.5 Å². The van der Waals surface area contributed by atoms with E-state index in [0.29, 0.717) is 24.8 Å². The number of nitrogens with zero attached hydrogens (tertiary/aromatic N) is 4. The van der Waals surface area contributed by atoms with Crippen molar-refractivity contribution in [1.82, 2.24) is 25.3 Å². The lowest BCUT2D eigenvalue weighted by Gasteiger charge is -2.30. The third kappa shape index (κ3) is 6.78. The largest absolute Gasteiger partial charge is 0.352 e. The lowest BCUT2D eigenvalue weighted by Crippen LogP contribution is -2.42. The van der Waals surface area contributed by atoms with Gasteiger partial charge in [-0.25, -0.2) is 0 Å². The van der Waals surface area contributed by atoms with Gasteiger partial charge in [0.2, 0.25) is 17.6 Å². The average Bonchev–Trinajstić information content (AvgIpc) is 3.51. The van der Waals surface area contributed by atoms with Crippen molar-refractivity contribution in [3.8, 4) is 10.7 Å². The predicted octanol–water partition coefficient (Wildman–Crippen LogP) is 4.70. The quantitative estimate of drug-likeness (QED) is 0.490. The molecule has 0 saturated carbocycles. The fourth-order valence-electron chi connectivity index (χ4n) is 5.15. The van der Waals surface area contributed by atoms with Gasteiger partial charge in [0.15, 0.2) is 0 Å². The predicted molar refractivity (Wildman–Crippen MR) is 138 cm³/mol. The van der Waals surface area contributed by atoms with Crippen LogP contribution in [0.4, 0.5) is 0 Å². The second kappa shape index (κ2) is 11.9. The summed E-state index contributed by atoms with van der Waals surface area (Å²) >= 11 is 1.60. The Morgan fingerprint density at radius 1 is 1.00 bits per heavy atom. The SMILES string of the molecule is O=C(NCc1cccc(CN2CCCCCC2)c1)C1CCCN(Cc2nc(-c3cccs3)no2)C1. The van der Waals surface area contributed by atoms with Crippen LogP contribution in [0, 0.1) is 5.92 Å². The van der Waals surface area contributed by atoms with Crippen LogP contribution in [0.3, 0.4) is 0 Å². The highest BCUT2D eigenvalue weighted by atomic mass is 32.1. The monoisotopic (exact) mass is 493 g/mol. The first-order valence-electron chi connectivity index (χ1n) is 12.9. The number of aromatic nitrogens is 2. The van der Waals surface area contributed by atoms with Crippen LogP contribution in [0.2, 0.25) is 0 Å². The van der Waals surface area contributed by atoms with Gasteiger partial charge in [-0.2, -0.15) is 4.98 Å². The van der Waals surface area contributed by atoms with Crippen molar-refractivity contribution in [2.45, 2.75) is 58.2 Å². The number of carbonyl (C=O) groups excluding carboxylic acids is 1. The van der Waals surface area contributed by atoms with Gasteiger partial charge in [-0.1, -0.05) is 48.3 Å². The molecule has 0 bridgehead atoms. The van der Waals surface area contributed by atoms with E-state index in [2.05, 4.69) is 49.5 Å². The zero-order chi connectivity index (χ0) is 23.9. The maximum absolute atomic E-state index is 13.0. The van der Waals surface area contributed by atoms with Crippen LogP contribution in [0.25, 0.3) is 10.7 Å². The molecule has 1 unspecified atom stereocenters. The molecule has 1 N–H and O–H groups in total. The molecule has 2 fully saturated rings. The van der Waals surface area contributed by atoms with Crippen molar-refractivity contribution in [2.75, 3.05) is 26.2 Å². The summed E-state index contributed by atoms with van der Waals surface area (Å²) in [6.07, 6.45) is 7.22. The van der Waals surface area contributed by atoms with E-state index < -0.39 is 0 Å². The Balaban J connectivity index is 1.10. The second-order valence-electron chi connectivity index (χ2n) is 9.79. The van der Waals surface area contributed by atoms with Crippen molar-refractivity contribution in [3.05, 3.63) is 58.8 Å². The molecule has 3 aromatic rings. The molecule has 0 aliphatic carbocycles. The Morgan fingerprint density at radius 2 is 1.83 bits per heavy atom. The molecule has 2 saturated heterocycles. The zero-order valence-corrected chi connectivity index (χ0v) is 21.1. The van der Waals surface area contributed by atoms with E-state index in [1.54, 1.807) is 11.3 Å². The number of hydrogen-bond acceptors (Lipinski definition) is 7. The number of thiophene rings is 1. The number of benzene rings is 1. The smallest absolute Gasteiger partial charge is 0.241 e. The summed E-state index contributed by atoms with van der Waals surface area (Å²) < 4.78 is 5.46. The summed E-state index contributed by atoms with van der Waals surface area (Å²) in [4.78, 5) is 23.3. The number of hydrogen-bond donors (Lipinski definition) is 1. The molecule has 5 rings (SSSR count). The lowest BCUT2D eigenvalue weighted by molar-refractivity contribution is -0.127. The Bertz CT molecular complexity index is 1070. The standard InChI is InChI=1S/C27H35N5O2S/c33-27(28-17-21-8-5-9-22(16-21)18-31-12-3-1-2-4-13-31)23-10-6-14-32(19-23)20-25-29-26(30-34-25)24-11-7-15-35-24/h5,7-9,11,15-16,23H,1-4,6,10,12-14,17-20H2,(H,28,33). The van der Waals surface area contributed by atoms with Crippen LogP contribution in [-0.2, 0) is 24.4 Å². The number of likely N-dealkylation sites (tertiary alicyclic amines) is 2. The molecular formula is C27H35N5O2S. The van der Waals surface area contributed by atoms with Gasteiger partial charge < -0.3 is 9.84 Å². The summed E-state index contributed by atoms with van der Waals surface area (Å²) in [6, 6.07) is 12.7. The van der Waals surface area contributed by atoms with Gasteiger partial charge in [-0.3, -0.25) is 14.6 Å². The number of rotatable bonds is 8. The van der Waals surface area contributed by atoms with Crippen LogP contribution >= 0.6 is 11.3 Å². The first-order chi connectivity index (χ1) is 17.2. The van der Waals surface area contributed by atoms with Crippen LogP contribution in [0.15, 0.2) is 46.3 Å². The van der Waals surface area contributed by atoms with E-state index in [4.69, 9.17) is 4.52 Å². The summed E-state index contributed by atoms with van der Waals surface area (Å²) in [6.45, 7) is 6.22.